The highest BCUT2D eigenvalue weighted by atomic mass is 16.2. The fraction of sp³-hybridized carbons (Fsp3) is 0.696. The van der Waals surface area contributed by atoms with Crippen LogP contribution in [0.1, 0.15) is 96.0 Å². The van der Waals surface area contributed by atoms with Gasteiger partial charge in [-0.2, -0.15) is 0 Å². The van der Waals surface area contributed by atoms with Crippen molar-refractivity contribution in [3.63, 3.8) is 0 Å². The minimum atomic E-state index is 0.217. The lowest BCUT2D eigenvalue weighted by Gasteiger charge is -2.32. The van der Waals surface area contributed by atoms with Gasteiger partial charge < -0.3 is 4.90 Å². The first-order valence-electron chi connectivity index (χ1n) is 10.5. The summed E-state index contributed by atoms with van der Waals surface area (Å²) in [5.41, 5.74) is 2.10. The monoisotopic (exact) mass is 347 g/mol. The first kappa shape index (κ1) is 23.7. The predicted molar refractivity (Wildman–Crippen MR) is 111 cm³/mol. The van der Waals surface area contributed by atoms with Crippen LogP contribution in [0.4, 0.5) is 0 Å². The van der Waals surface area contributed by atoms with Gasteiger partial charge in [0.15, 0.2) is 0 Å². The van der Waals surface area contributed by atoms with Crippen molar-refractivity contribution in [2.24, 2.45) is 5.92 Å². The van der Waals surface area contributed by atoms with E-state index >= 15 is 0 Å². The van der Waals surface area contributed by atoms with E-state index in [0.717, 1.165) is 31.0 Å². The molecule has 0 unspecified atom stereocenters. The number of aryl methyl sites for hydroxylation is 1. The number of nitrogens with zero attached hydrogens (tertiary/aromatic N) is 1. The molecule has 144 valence electrons. The second-order valence-electron chi connectivity index (χ2n) is 6.64. The van der Waals surface area contributed by atoms with E-state index in [1.807, 2.05) is 36.9 Å². The quantitative estimate of drug-likeness (QED) is 0.578. The molecule has 0 aromatic heterocycles. The zero-order valence-electron chi connectivity index (χ0n) is 17.6. The minimum absolute atomic E-state index is 0.217. The highest BCUT2D eigenvalue weighted by molar-refractivity contribution is 5.94. The number of likely N-dealkylation sites (tertiary alicyclic amines) is 1. The van der Waals surface area contributed by atoms with Crippen LogP contribution in [-0.2, 0) is 6.42 Å². The van der Waals surface area contributed by atoms with Gasteiger partial charge in [-0.05, 0) is 42.9 Å². The summed E-state index contributed by atoms with van der Waals surface area (Å²) in [5, 5.41) is 0. The number of carbonyl (C=O) groups is 1. The summed E-state index contributed by atoms with van der Waals surface area (Å²) in [6.07, 6.45) is 8.54. The number of rotatable bonds is 5. The molecule has 2 heteroatoms. The summed E-state index contributed by atoms with van der Waals surface area (Å²) in [6, 6.07) is 8.09. The molecule has 0 bridgehead atoms. The van der Waals surface area contributed by atoms with Gasteiger partial charge in [0.2, 0.25) is 0 Å². The normalized spacial score (nSPS) is 14.1. The van der Waals surface area contributed by atoms with Gasteiger partial charge in [-0.3, -0.25) is 4.79 Å². The SMILES string of the molecule is CC.CCC.CCCCC1CCN(C(=O)c2cccc(CC)c2)CC1. The topological polar surface area (TPSA) is 20.3 Å². The Morgan fingerprint density at radius 1 is 1.08 bits per heavy atom. The van der Waals surface area contributed by atoms with Crippen LogP contribution in [0, 0.1) is 5.92 Å². The number of amides is 1. The van der Waals surface area contributed by atoms with E-state index in [4.69, 9.17) is 0 Å². The summed E-state index contributed by atoms with van der Waals surface area (Å²) in [4.78, 5) is 14.6. The maximum Gasteiger partial charge on any atom is 0.253 e. The third kappa shape index (κ3) is 9.09. The molecule has 0 saturated carbocycles. The molecule has 2 nitrogen and oxygen atoms in total. The molecule has 0 atom stereocenters. The molecule has 25 heavy (non-hydrogen) atoms. The highest BCUT2D eigenvalue weighted by Gasteiger charge is 2.23. The van der Waals surface area contributed by atoms with Gasteiger partial charge in [-0.1, -0.05) is 79.4 Å². The largest absolute Gasteiger partial charge is 0.339 e. The second-order valence-corrected chi connectivity index (χ2v) is 6.64. The van der Waals surface area contributed by atoms with E-state index in [9.17, 15) is 4.79 Å². The van der Waals surface area contributed by atoms with Crippen molar-refractivity contribution >= 4 is 5.91 Å². The molecule has 0 radical (unpaired) electrons. The first-order valence-corrected chi connectivity index (χ1v) is 10.5. The van der Waals surface area contributed by atoms with Gasteiger partial charge in [0.25, 0.3) is 5.91 Å². The van der Waals surface area contributed by atoms with E-state index in [-0.39, 0.29) is 5.91 Å². The van der Waals surface area contributed by atoms with Gasteiger partial charge >= 0.3 is 0 Å². The van der Waals surface area contributed by atoms with Crippen molar-refractivity contribution < 1.29 is 4.79 Å². The van der Waals surface area contributed by atoms with Crippen LogP contribution in [0.25, 0.3) is 0 Å². The molecule has 0 N–H and O–H groups in total. The highest BCUT2D eigenvalue weighted by Crippen LogP contribution is 2.23. The summed E-state index contributed by atoms with van der Waals surface area (Å²) in [5.74, 6) is 1.05. The standard InChI is InChI=1S/C18H27NO.C3H8.C2H6/c1-3-5-7-16-10-12-19(13-11-16)18(20)17-9-6-8-15(4-2)14-17;1-3-2;1-2/h6,8-9,14,16H,3-5,7,10-13H2,1-2H3;3H2,1-2H3;1-2H3. The van der Waals surface area contributed by atoms with Crippen molar-refractivity contribution in [3.05, 3.63) is 35.4 Å². The fourth-order valence-electron chi connectivity index (χ4n) is 3.02. The molecule has 1 aliphatic rings. The Labute approximate surface area is 157 Å². The maximum atomic E-state index is 12.5. The van der Waals surface area contributed by atoms with Crippen molar-refractivity contribution in [2.45, 2.75) is 86.5 Å². The number of unbranched alkanes of at least 4 members (excludes halogenated alkanes) is 1. The number of hydrogen-bond acceptors (Lipinski definition) is 1. The molecule has 1 aromatic rings. The van der Waals surface area contributed by atoms with Crippen LogP contribution >= 0.6 is 0 Å². The summed E-state index contributed by atoms with van der Waals surface area (Å²) < 4.78 is 0. The van der Waals surface area contributed by atoms with Crippen LogP contribution in [0.5, 0.6) is 0 Å². The number of benzene rings is 1. The van der Waals surface area contributed by atoms with E-state index in [1.54, 1.807) is 0 Å². The van der Waals surface area contributed by atoms with E-state index in [2.05, 4.69) is 33.8 Å². The van der Waals surface area contributed by atoms with Crippen molar-refractivity contribution in [3.8, 4) is 0 Å². The molecule has 1 aromatic carbocycles. The average Bonchev–Trinajstić information content (AvgIpc) is 2.68. The molecule has 0 spiro atoms. The summed E-state index contributed by atoms with van der Waals surface area (Å²) in [7, 11) is 0. The van der Waals surface area contributed by atoms with E-state index in [0.29, 0.717) is 0 Å². The van der Waals surface area contributed by atoms with Crippen molar-refractivity contribution in [2.75, 3.05) is 13.1 Å². The van der Waals surface area contributed by atoms with Gasteiger partial charge in [0.05, 0.1) is 0 Å². The zero-order valence-corrected chi connectivity index (χ0v) is 17.6. The first-order chi connectivity index (χ1) is 12.2. The average molecular weight is 348 g/mol. The lowest BCUT2D eigenvalue weighted by molar-refractivity contribution is 0.0685. The lowest BCUT2D eigenvalue weighted by atomic mass is 9.91. The Morgan fingerprint density at radius 2 is 1.68 bits per heavy atom. The second kappa shape index (κ2) is 15.0. The summed E-state index contributed by atoms with van der Waals surface area (Å²) >= 11 is 0. The Bertz CT molecular complexity index is 447. The molecule has 1 saturated heterocycles. The Balaban J connectivity index is 0.00000104. The van der Waals surface area contributed by atoms with Gasteiger partial charge in [-0.25, -0.2) is 0 Å². The third-order valence-electron chi connectivity index (χ3n) is 4.45. The van der Waals surface area contributed by atoms with Gasteiger partial charge in [0, 0.05) is 18.7 Å². The number of carbonyl (C=O) groups excluding carboxylic acids is 1. The summed E-state index contributed by atoms with van der Waals surface area (Å²) in [6.45, 7) is 14.5. The van der Waals surface area contributed by atoms with Crippen LogP contribution in [0.2, 0.25) is 0 Å². The van der Waals surface area contributed by atoms with Gasteiger partial charge in [-0.15, -0.1) is 0 Å². The molecule has 1 heterocycles. The molecular formula is C23H41NO. The molecule has 1 fully saturated rings. The molecule has 2 rings (SSSR count). The maximum absolute atomic E-state index is 12.5. The zero-order chi connectivity index (χ0) is 19.1. The van der Waals surface area contributed by atoms with E-state index < -0.39 is 0 Å². The molecular weight excluding hydrogens is 306 g/mol. The number of hydrogen-bond donors (Lipinski definition) is 0. The van der Waals surface area contributed by atoms with Crippen LogP contribution in [-0.4, -0.2) is 23.9 Å². The van der Waals surface area contributed by atoms with Crippen LogP contribution < -0.4 is 0 Å². The fourth-order valence-corrected chi connectivity index (χ4v) is 3.02. The predicted octanol–water partition coefficient (Wildman–Crippen LogP) is 6.73. The number of piperidine rings is 1. The van der Waals surface area contributed by atoms with Crippen molar-refractivity contribution in [1.82, 2.24) is 4.90 Å². The molecule has 1 amide bonds. The van der Waals surface area contributed by atoms with E-state index in [1.165, 1.54) is 44.1 Å². The Morgan fingerprint density at radius 3 is 2.20 bits per heavy atom. The molecule has 0 aliphatic carbocycles. The Hall–Kier alpha value is -1.31. The third-order valence-corrected chi connectivity index (χ3v) is 4.45. The Kier molecular flexibility index (Phi) is 14.2. The van der Waals surface area contributed by atoms with Crippen LogP contribution in [0.3, 0.4) is 0 Å². The van der Waals surface area contributed by atoms with Crippen LogP contribution in [0.15, 0.2) is 24.3 Å². The smallest absolute Gasteiger partial charge is 0.253 e. The van der Waals surface area contributed by atoms with Crippen molar-refractivity contribution in [1.29, 1.82) is 0 Å². The lowest BCUT2D eigenvalue weighted by Crippen LogP contribution is -2.38. The minimum Gasteiger partial charge on any atom is -0.339 e. The van der Waals surface area contributed by atoms with Gasteiger partial charge in [0.1, 0.15) is 0 Å². The molecule has 1 aliphatic heterocycles.